The summed E-state index contributed by atoms with van der Waals surface area (Å²) in [5.41, 5.74) is 4.27. The lowest BCUT2D eigenvalue weighted by molar-refractivity contribution is 0.287. The summed E-state index contributed by atoms with van der Waals surface area (Å²) in [5.74, 6) is 1.49. The Balaban J connectivity index is 1.42. The Bertz CT molecular complexity index is 1200. The Kier molecular flexibility index (Phi) is 6.01. The van der Waals surface area contributed by atoms with Crippen molar-refractivity contribution in [2.24, 2.45) is 0 Å². The van der Waals surface area contributed by atoms with Gasteiger partial charge in [0, 0.05) is 22.7 Å². The van der Waals surface area contributed by atoms with Crippen molar-refractivity contribution in [1.29, 1.82) is 0 Å². The Morgan fingerprint density at radius 1 is 0.900 bits per heavy atom. The van der Waals surface area contributed by atoms with E-state index in [2.05, 4.69) is 30.6 Å². The third-order valence-corrected chi connectivity index (χ3v) is 5.18. The van der Waals surface area contributed by atoms with Gasteiger partial charge in [-0.1, -0.05) is 54.6 Å². The molecule has 4 heteroatoms. The molecule has 0 amide bonds. The molecule has 0 aliphatic heterocycles. The van der Waals surface area contributed by atoms with Gasteiger partial charge < -0.3 is 9.47 Å². The number of fused-ring (bicyclic) bond motifs is 1. The van der Waals surface area contributed by atoms with Crippen molar-refractivity contribution < 1.29 is 9.47 Å². The number of halogens is 1. The standard InChI is InChI=1S/C26H22ClNO2/c1-3-26-18(2)6-4-7-20(26)16-29-24-8-5-9-25(14-24)30-17-23-13-19-10-11-22(27)12-21(19)15-28-23/h3-15H,1,16-17H2,2H3. The van der Waals surface area contributed by atoms with Gasteiger partial charge in [-0.25, -0.2) is 0 Å². The highest BCUT2D eigenvalue weighted by molar-refractivity contribution is 6.31. The molecule has 0 saturated heterocycles. The van der Waals surface area contributed by atoms with Gasteiger partial charge in [0.15, 0.2) is 0 Å². The molecule has 4 rings (SSSR count). The van der Waals surface area contributed by atoms with Crippen molar-refractivity contribution in [2.75, 3.05) is 0 Å². The fraction of sp³-hybridized carbons (Fsp3) is 0.115. The maximum atomic E-state index is 6.03. The second-order valence-electron chi connectivity index (χ2n) is 7.07. The zero-order chi connectivity index (χ0) is 20.9. The summed E-state index contributed by atoms with van der Waals surface area (Å²) >= 11 is 6.03. The maximum absolute atomic E-state index is 6.03. The van der Waals surface area contributed by atoms with E-state index in [1.807, 2.05) is 66.9 Å². The van der Waals surface area contributed by atoms with Crippen LogP contribution in [0.3, 0.4) is 0 Å². The minimum Gasteiger partial charge on any atom is -0.489 e. The molecule has 0 N–H and O–H groups in total. The van der Waals surface area contributed by atoms with Crippen LogP contribution in [-0.4, -0.2) is 4.98 Å². The molecule has 3 aromatic carbocycles. The van der Waals surface area contributed by atoms with E-state index >= 15 is 0 Å². The van der Waals surface area contributed by atoms with Crippen LogP contribution < -0.4 is 9.47 Å². The number of aromatic nitrogens is 1. The molecular formula is C26H22ClNO2. The van der Waals surface area contributed by atoms with Crippen LogP contribution in [0.25, 0.3) is 16.8 Å². The Labute approximate surface area is 181 Å². The van der Waals surface area contributed by atoms with Crippen molar-refractivity contribution in [3.05, 3.63) is 107 Å². The van der Waals surface area contributed by atoms with Crippen molar-refractivity contribution in [1.82, 2.24) is 4.98 Å². The number of nitrogens with zero attached hydrogens (tertiary/aromatic N) is 1. The van der Waals surface area contributed by atoms with Gasteiger partial charge in [0.05, 0.1) is 5.69 Å². The second-order valence-corrected chi connectivity index (χ2v) is 7.51. The highest BCUT2D eigenvalue weighted by Crippen LogP contribution is 2.24. The van der Waals surface area contributed by atoms with E-state index in [0.717, 1.165) is 39.1 Å². The minimum atomic E-state index is 0.376. The highest BCUT2D eigenvalue weighted by Gasteiger charge is 2.05. The molecule has 0 aliphatic carbocycles. The summed E-state index contributed by atoms with van der Waals surface area (Å²) in [7, 11) is 0. The fourth-order valence-electron chi connectivity index (χ4n) is 3.37. The van der Waals surface area contributed by atoms with Crippen LogP contribution in [0.2, 0.25) is 5.02 Å². The molecule has 0 unspecified atom stereocenters. The van der Waals surface area contributed by atoms with Gasteiger partial charge in [0.2, 0.25) is 0 Å². The van der Waals surface area contributed by atoms with Crippen LogP contribution in [-0.2, 0) is 13.2 Å². The molecule has 0 bridgehead atoms. The summed E-state index contributed by atoms with van der Waals surface area (Å²) in [4.78, 5) is 4.46. The van der Waals surface area contributed by atoms with Crippen molar-refractivity contribution in [3.63, 3.8) is 0 Å². The van der Waals surface area contributed by atoms with Crippen molar-refractivity contribution in [3.8, 4) is 11.5 Å². The van der Waals surface area contributed by atoms with E-state index in [4.69, 9.17) is 21.1 Å². The Morgan fingerprint density at radius 2 is 1.67 bits per heavy atom. The summed E-state index contributed by atoms with van der Waals surface area (Å²) in [6, 6.07) is 21.6. The van der Waals surface area contributed by atoms with Gasteiger partial charge in [-0.05, 0) is 59.3 Å². The zero-order valence-corrected chi connectivity index (χ0v) is 17.5. The summed E-state index contributed by atoms with van der Waals surface area (Å²) < 4.78 is 11.9. The SMILES string of the molecule is C=Cc1c(C)cccc1COc1cccc(OCc2cc3ccc(Cl)cc3cn2)c1. The lowest BCUT2D eigenvalue weighted by Crippen LogP contribution is -2.00. The van der Waals surface area contributed by atoms with E-state index < -0.39 is 0 Å². The monoisotopic (exact) mass is 415 g/mol. The molecule has 0 aliphatic rings. The molecule has 0 radical (unpaired) electrons. The topological polar surface area (TPSA) is 31.4 Å². The third-order valence-electron chi connectivity index (χ3n) is 4.95. The van der Waals surface area contributed by atoms with Gasteiger partial charge >= 0.3 is 0 Å². The smallest absolute Gasteiger partial charge is 0.130 e. The average molecular weight is 416 g/mol. The summed E-state index contributed by atoms with van der Waals surface area (Å²) in [6.45, 7) is 6.83. The lowest BCUT2D eigenvalue weighted by Gasteiger charge is -2.12. The number of rotatable bonds is 7. The second kappa shape index (κ2) is 9.02. The fourth-order valence-corrected chi connectivity index (χ4v) is 3.55. The number of hydrogen-bond donors (Lipinski definition) is 0. The van der Waals surface area contributed by atoms with E-state index in [0.29, 0.717) is 18.2 Å². The average Bonchev–Trinajstić information content (AvgIpc) is 2.76. The van der Waals surface area contributed by atoms with Crippen LogP contribution in [0.4, 0.5) is 0 Å². The quantitative estimate of drug-likeness (QED) is 0.325. The predicted molar refractivity (Wildman–Crippen MR) is 123 cm³/mol. The lowest BCUT2D eigenvalue weighted by atomic mass is 10.0. The van der Waals surface area contributed by atoms with Crippen LogP contribution in [0.5, 0.6) is 11.5 Å². The molecule has 1 aromatic heterocycles. The highest BCUT2D eigenvalue weighted by atomic mass is 35.5. The first kappa shape index (κ1) is 20.0. The first-order chi connectivity index (χ1) is 14.6. The van der Waals surface area contributed by atoms with Gasteiger partial charge in [0.1, 0.15) is 24.7 Å². The third kappa shape index (κ3) is 4.64. The number of benzene rings is 3. The number of pyridine rings is 1. The summed E-state index contributed by atoms with van der Waals surface area (Å²) in [6.07, 6.45) is 3.69. The molecule has 0 saturated carbocycles. The first-order valence-corrected chi connectivity index (χ1v) is 10.1. The van der Waals surface area contributed by atoms with E-state index in [1.165, 1.54) is 5.56 Å². The number of ether oxygens (including phenoxy) is 2. The summed E-state index contributed by atoms with van der Waals surface area (Å²) in [5, 5.41) is 2.80. The van der Waals surface area contributed by atoms with E-state index in [9.17, 15) is 0 Å². The van der Waals surface area contributed by atoms with Crippen LogP contribution in [0, 0.1) is 6.92 Å². The molecule has 0 atom stereocenters. The van der Waals surface area contributed by atoms with E-state index in [-0.39, 0.29) is 0 Å². The molecule has 4 aromatic rings. The molecule has 0 spiro atoms. The van der Waals surface area contributed by atoms with Gasteiger partial charge in [-0.15, -0.1) is 0 Å². The number of hydrogen-bond acceptors (Lipinski definition) is 3. The van der Waals surface area contributed by atoms with E-state index in [1.54, 1.807) is 0 Å². The van der Waals surface area contributed by atoms with Gasteiger partial charge in [0.25, 0.3) is 0 Å². The first-order valence-electron chi connectivity index (χ1n) is 9.73. The molecule has 3 nitrogen and oxygen atoms in total. The minimum absolute atomic E-state index is 0.376. The van der Waals surface area contributed by atoms with Crippen LogP contribution >= 0.6 is 11.6 Å². The van der Waals surface area contributed by atoms with Crippen molar-refractivity contribution >= 4 is 28.4 Å². The Hall–Kier alpha value is -3.30. The maximum Gasteiger partial charge on any atom is 0.130 e. The number of aryl methyl sites for hydroxylation is 1. The van der Waals surface area contributed by atoms with Crippen molar-refractivity contribution in [2.45, 2.75) is 20.1 Å². The van der Waals surface area contributed by atoms with Crippen LogP contribution in [0.1, 0.15) is 22.4 Å². The normalized spacial score (nSPS) is 10.7. The zero-order valence-electron chi connectivity index (χ0n) is 16.8. The van der Waals surface area contributed by atoms with Gasteiger partial charge in [-0.2, -0.15) is 0 Å². The molecule has 1 heterocycles. The molecule has 30 heavy (non-hydrogen) atoms. The Morgan fingerprint density at radius 3 is 2.47 bits per heavy atom. The van der Waals surface area contributed by atoms with Crippen LogP contribution in [0.15, 0.2) is 79.5 Å². The molecule has 150 valence electrons. The van der Waals surface area contributed by atoms with Gasteiger partial charge in [-0.3, -0.25) is 4.98 Å². The predicted octanol–water partition coefficient (Wildman–Crippen LogP) is 7.00. The molecular weight excluding hydrogens is 394 g/mol. The largest absolute Gasteiger partial charge is 0.489 e. The molecule has 0 fully saturated rings.